The van der Waals surface area contributed by atoms with Gasteiger partial charge in [0.1, 0.15) is 11.4 Å². The van der Waals surface area contributed by atoms with E-state index in [9.17, 15) is 9.59 Å². The van der Waals surface area contributed by atoms with Gasteiger partial charge in [-0.05, 0) is 31.2 Å². The summed E-state index contributed by atoms with van der Waals surface area (Å²) >= 11 is 0. The maximum absolute atomic E-state index is 12.4. The lowest BCUT2D eigenvalue weighted by Gasteiger charge is -2.11. The number of hydrogen-bond donors (Lipinski definition) is 2. The Morgan fingerprint density at radius 1 is 1.16 bits per heavy atom. The Morgan fingerprint density at radius 2 is 1.96 bits per heavy atom. The Kier molecular flexibility index (Phi) is 6.91. The average Bonchev–Trinajstić information content (AvgIpc) is 2.64. The van der Waals surface area contributed by atoms with Crippen LogP contribution in [0.15, 0.2) is 42.6 Å². The van der Waals surface area contributed by atoms with Crippen LogP contribution in [-0.4, -0.2) is 43.7 Å². The molecule has 2 amide bonds. The van der Waals surface area contributed by atoms with Crippen molar-refractivity contribution in [3.63, 3.8) is 0 Å². The third-order valence-corrected chi connectivity index (χ3v) is 3.28. The van der Waals surface area contributed by atoms with Crippen molar-refractivity contribution >= 4 is 17.5 Å². The lowest BCUT2D eigenvalue weighted by molar-refractivity contribution is 0.0937. The molecule has 0 saturated heterocycles. The SMILES string of the molecule is CCOc1ccccc1NC(=O)c1cc(C(=O)NCCOC)ccn1. The molecule has 7 heteroatoms. The van der Waals surface area contributed by atoms with Crippen LogP contribution in [0.5, 0.6) is 5.75 Å². The second-order valence-corrected chi connectivity index (χ2v) is 5.06. The van der Waals surface area contributed by atoms with Crippen LogP contribution in [0.4, 0.5) is 5.69 Å². The van der Waals surface area contributed by atoms with E-state index in [2.05, 4.69) is 15.6 Å². The number of rotatable bonds is 8. The van der Waals surface area contributed by atoms with E-state index in [0.29, 0.717) is 36.8 Å². The van der Waals surface area contributed by atoms with Crippen molar-refractivity contribution in [2.24, 2.45) is 0 Å². The highest BCUT2D eigenvalue weighted by Crippen LogP contribution is 2.24. The van der Waals surface area contributed by atoms with Gasteiger partial charge >= 0.3 is 0 Å². The van der Waals surface area contributed by atoms with Gasteiger partial charge in [0.2, 0.25) is 0 Å². The monoisotopic (exact) mass is 343 g/mol. The summed E-state index contributed by atoms with van der Waals surface area (Å²) in [4.78, 5) is 28.5. The van der Waals surface area contributed by atoms with E-state index in [1.54, 1.807) is 31.4 Å². The van der Waals surface area contributed by atoms with E-state index < -0.39 is 5.91 Å². The standard InChI is InChI=1S/C18H21N3O4/c1-3-25-16-7-5-4-6-14(16)21-18(23)15-12-13(8-9-19-15)17(22)20-10-11-24-2/h4-9,12H,3,10-11H2,1-2H3,(H,20,22)(H,21,23). The summed E-state index contributed by atoms with van der Waals surface area (Å²) in [6.07, 6.45) is 1.43. The van der Waals surface area contributed by atoms with Gasteiger partial charge in [0.05, 0.1) is 18.9 Å². The zero-order chi connectivity index (χ0) is 18.1. The average molecular weight is 343 g/mol. The fraction of sp³-hybridized carbons (Fsp3) is 0.278. The second kappa shape index (κ2) is 9.39. The molecule has 2 rings (SSSR count). The minimum absolute atomic E-state index is 0.144. The molecule has 7 nitrogen and oxygen atoms in total. The Morgan fingerprint density at radius 3 is 2.72 bits per heavy atom. The van der Waals surface area contributed by atoms with Gasteiger partial charge in [-0.3, -0.25) is 14.6 Å². The first kappa shape index (κ1) is 18.4. The maximum atomic E-state index is 12.4. The second-order valence-electron chi connectivity index (χ2n) is 5.06. The lowest BCUT2D eigenvalue weighted by Crippen LogP contribution is -2.27. The largest absolute Gasteiger partial charge is 0.492 e. The molecule has 0 aliphatic heterocycles. The van der Waals surface area contributed by atoms with E-state index in [-0.39, 0.29) is 11.6 Å². The van der Waals surface area contributed by atoms with Gasteiger partial charge in [-0.15, -0.1) is 0 Å². The summed E-state index contributed by atoms with van der Waals surface area (Å²) in [6, 6.07) is 10.1. The molecule has 1 heterocycles. The molecule has 0 bridgehead atoms. The van der Waals surface area contributed by atoms with Gasteiger partial charge in [-0.2, -0.15) is 0 Å². The molecule has 25 heavy (non-hydrogen) atoms. The van der Waals surface area contributed by atoms with E-state index in [1.165, 1.54) is 12.3 Å². The van der Waals surface area contributed by atoms with Crippen molar-refractivity contribution in [1.82, 2.24) is 10.3 Å². The van der Waals surface area contributed by atoms with Crippen molar-refractivity contribution < 1.29 is 19.1 Å². The highest BCUT2D eigenvalue weighted by molar-refractivity contribution is 6.05. The van der Waals surface area contributed by atoms with Gasteiger partial charge < -0.3 is 20.1 Å². The van der Waals surface area contributed by atoms with Gasteiger partial charge in [-0.25, -0.2) is 0 Å². The number of amides is 2. The van der Waals surface area contributed by atoms with Crippen molar-refractivity contribution in [1.29, 1.82) is 0 Å². The number of nitrogens with zero attached hydrogens (tertiary/aromatic N) is 1. The molecule has 2 N–H and O–H groups in total. The minimum Gasteiger partial charge on any atom is -0.492 e. The number of hydrogen-bond acceptors (Lipinski definition) is 5. The van der Waals surface area contributed by atoms with E-state index in [4.69, 9.17) is 9.47 Å². The van der Waals surface area contributed by atoms with Crippen LogP contribution >= 0.6 is 0 Å². The van der Waals surface area contributed by atoms with Crippen molar-refractivity contribution in [3.8, 4) is 5.75 Å². The van der Waals surface area contributed by atoms with E-state index in [1.807, 2.05) is 13.0 Å². The Bertz CT molecular complexity index is 734. The zero-order valence-corrected chi connectivity index (χ0v) is 14.2. The maximum Gasteiger partial charge on any atom is 0.274 e. The molecule has 0 radical (unpaired) electrons. The van der Waals surface area contributed by atoms with Gasteiger partial charge in [0.15, 0.2) is 0 Å². The molecular formula is C18H21N3O4. The molecule has 2 aromatic rings. The fourth-order valence-corrected chi connectivity index (χ4v) is 2.10. The predicted octanol–water partition coefficient (Wildman–Crippen LogP) is 2.11. The number of anilines is 1. The number of para-hydroxylation sites is 2. The quantitative estimate of drug-likeness (QED) is 0.717. The lowest BCUT2D eigenvalue weighted by atomic mass is 10.2. The van der Waals surface area contributed by atoms with Gasteiger partial charge in [0, 0.05) is 25.4 Å². The third kappa shape index (κ3) is 5.29. The first-order valence-electron chi connectivity index (χ1n) is 7.92. The van der Waals surface area contributed by atoms with Crippen LogP contribution in [0, 0.1) is 0 Å². The minimum atomic E-state index is -0.418. The number of benzene rings is 1. The van der Waals surface area contributed by atoms with Crippen LogP contribution in [0.2, 0.25) is 0 Å². The molecule has 0 aliphatic carbocycles. The normalized spacial score (nSPS) is 10.2. The summed E-state index contributed by atoms with van der Waals surface area (Å²) in [5.74, 6) is -0.131. The highest BCUT2D eigenvalue weighted by Gasteiger charge is 2.13. The van der Waals surface area contributed by atoms with Crippen molar-refractivity contribution in [3.05, 3.63) is 53.9 Å². The first-order valence-corrected chi connectivity index (χ1v) is 7.92. The summed E-state index contributed by atoms with van der Waals surface area (Å²) in [7, 11) is 1.56. The summed E-state index contributed by atoms with van der Waals surface area (Å²) in [5.41, 5.74) is 1.05. The topological polar surface area (TPSA) is 89.5 Å². The number of nitrogens with one attached hydrogen (secondary N) is 2. The summed E-state index contributed by atoms with van der Waals surface area (Å²) in [6.45, 7) is 3.16. The Labute approximate surface area is 146 Å². The number of carbonyl (C=O) groups is 2. The summed E-state index contributed by atoms with van der Waals surface area (Å²) < 4.78 is 10.4. The van der Waals surface area contributed by atoms with Crippen molar-refractivity contribution in [2.75, 3.05) is 32.2 Å². The van der Waals surface area contributed by atoms with Crippen LogP contribution in [0.1, 0.15) is 27.8 Å². The molecule has 0 atom stereocenters. The zero-order valence-electron chi connectivity index (χ0n) is 14.2. The molecule has 0 fully saturated rings. The van der Waals surface area contributed by atoms with Crippen molar-refractivity contribution in [2.45, 2.75) is 6.92 Å². The van der Waals surface area contributed by atoms with E-state index >= 15 is 0 Å². The predicted molar refractivity (Wildman–Crippen MR) is 94.0 cm³/mol. The van der Waals surface area contributed by atoms with Crippen LogP contribution < -0.4 is 15.4 Å². The Hall–Kier alpha value is -2.93. The molecule has 0 unspecified atom stereocenters. The summed E-state index contributed by atoms with van der Waals surface area (Å²) in [5, 5.41) is 5.45. The molecular weight excluding hydrogens is 322 g/mol. The third-order valence-electron chi connectivity index (χ3n) is 3.28. The van der Waals surface area contributed by atoms with Gasteiger partial charge in [0.25, 0.3) is 11.8 Å². The molecule has 0 spiro atoms. The molecule has 132 valence electrons. The van der Waals surface area contributed by atoms with Crippen LogP contribution in [0.3, 0.4) is 0 Å². The number of methoxy groups -OCH3 is 1. The number of carbonyl (C=O) groups excluding carboxylic acids is 2. The molecule has 0 saturated carbocycles. The molecule has 1 aromatic heterocycles. The van der Waals surface area contributed by atoms with Gasteiger partial charge in [-0.1, -0.05) is 12.1 Å². The highest BCUT2D eigenvalue weighted by atomic mass is 16.5. The fourth-order valence-electron chi connectivity index (χ4n) is 2.10. The number of ether oxygens (including phenoxy) is 2. The first-order chi connectivity index (χ1) is 12.2. The smallest absolute Gasteiger partial charge is 0.274 e. The van der Waals surface area contributed by atoms with Crippen LogP contribution in [0.25, 0.3) is 0 Å². The number of aromatic nitrogens is 1. The van der Waals surface area contributed by atoms with E-state index in [0.717, 1.165) is 0 Å². The molecule has 1 aromatic carbocycles. The molecule has 0 aliphatic rings. The Balaban J connectivity index is 2.10. The number of pyridine rings is 1. The van der Waals surface area contributed by atoms with Crippen LogP contribution in [-0.2, 0) is 4.74 Å².